The van der Waals surface area contributed by atoms with Crippen molar-refractivity contribution < 1.29 is 24.2 Å². The summed E-state index contributed by atoms with van der Waals surface area (Å²) < 4.78 is 10.7. The molecule has 4 aromatic rings. The van der Waals surface area contributed by atoms with Gasteiger partial charge in [-0.2, -0.15) is 0 Å². The number of aliphatic hydroxyl groups is 1. The number of amides is 1. The van der Waals surface area contributed by atoms with Crippen LogP contribution in [0.2, 0.25) is 5.02 Å². The summed E-state index contributed by atoms with van der Waals surface area (Å²) in [7, 11) is 2.88. The third-order valence-corrected chi connectivity index (χ3v) is 7.23. The molecule has 1 fully saturated rings. The number of anilines is 1. The summed E-state index contributed by atoms with van der Waals surface area (Å²) in [6, 6.07) is 19.1. The first-order valence-electron chi connectivity index (χ1n) is 10.7. The number of carbonyl (C=O) groups is 2. The van der Waals surface area contributed by atoms with E-state index < -0.39 is 17.7 Å². The fraction of sp³-hybridized carbons (Fsp3) is 0.111. The molecular formula is C27H20ClNO5S. The predicted molar refractivity (Wildman–Crippen MR) is 138 cm³/mol. The molecule has 0 aliphatic carbocycles. The molecule has 0 radical (unpaired) electrons. The monoisotopic (exact) mass is 505 g/mol. The number of carbonyl (C=O) groups excluding carboxylic acids is 2. The van der Waals surface area contributed by atoms with Crippen molar-refractivity contribution >= 4 is 56.8 Å². The van der Waals surface area contributed by atoms with Gasteiger partial charge >= 0.3 is 0 Å². The van der Waals surface area contributed by atoms with E-state index in [0.717, 1.165) is 15.6 Å². The van der Waals surface area contributed by atoms with Gasteiger partial charge in [-0.05, 0) is 29.0 Å². The Labute approximate surface area is 210 Å². The Morgan fingerprint density at radius 1 is 0.971 bits per heavy atom. The molecule has 3 aromatic carbocycles. The van der Waals surface area contributed by atoms with Gasteiger partial charge in [-0.1, -0.05) is 54.1 Å². The van der Waals surface area contributed by atoms with E-state index >= 15 is 0 Å². The van der Waals surface area contributed by atoms with Crippen molar-refractivity contribution in [1.29, 1.82) is 0 Å². The Bertz CT molecular complexity index is 1490. The van der Waals surface area contributed by atoms with Crippen LogP contribution in [0.5, 0.6) is 11.5 Å². The minimum Gasteiger partial charge on any atom is -0.507 e. The minimum absolute atomic E-state index is 0.0342. The second-order valence-electron chi connectivity index (χ2n) is 7.87. The van der Waals surface area contributed by atoms with Crippen LogP contribution in [0, 0.1) is 0 Å². The number of nitrogens with zero attached hydrogens (tertiary/aromatic N) is 1. The Kier molecular flexibility index (Phi) is 5.96. The summed E-state index contributed by atoms with van der Waals surface area (Å²) in [6.45, 7) is 0. The molecule has 8 heteroatoms. The van der Waals surface area contributed by atoms with Crippen molar-refractivity contribution in [2.24, 2.45) is 0 Å². The van der Waals surface area contributed by atoms with Crippen LogP contribution in [-0.4, -0.2) is 31.0 Å². The lowest BCUT2D eigenvalue weighted by Gasteiger charge is -2.25. The number of benzene rings is 3. The molecule has 0 bridgehead atoms. The number of thiophene rings is 1. The van der Waals surface area contributed by atoms with Crippen LogP contribution in [0.3, 0.4) is 0 Å². The first-order valence-corrected chi connectivity index (χ1v) is 12.0. The van der Waals surface area contributed by atoms with E-state index in [-0.39, 0.29) is 27.7 Å². The number of rotatable bonds is 5. The third kappa shape index (κ3) is 3.73. The van der Waals surface area contributed by atoms with Crippen LogP contribution < -0.4 is 14.4 Å². The second-order valence-corrected chi connectivity index (χ2v) is 9.26. The highest BCUT2D eigenvalue weighted by Crippen LogP contribution is 2.47. The zero-order valence-electron chi connectivity index (χ0n) is 18.8. The molecule has 0 spiro atoms. The summed E-state index contributed by atoms with van der Waals surface area (Å²) in [5, 5.41) is 15.4. The summed E-state index contributed by atoms with van der Waals surface area (Å²) in [6.07, 6.45) is 0. The molecule has 1 aliphatic rings. The molecule has 5 rings (SSSR count). The van der Waals surface area contributed by atoms with E-state index in [1.165, 1.54) is 42.6 Å². The molecule has 176 valence electrons. The minimum atomic E-state index is -0.827. The number of methoxy groups -OCH3 is 2. The van der Waals surface area contributed by atoms with Crippen LogP contribution in [-0.2, 0) is 9.59 Å². The topological polar surface area (TPSA) is 76.1 Å². The van der Waals surface area contributed by atoms with E-state index in [0.29, 0.717) is 11.4 Å². The average molecular weight is 506 g/mol. The number of halogens is 1. The fourth-order valence-electron chi connectivity index (χ4n) is 4.41. The largest absolute Gasteiger partial charge is 0.507 e. The van der Waals surface area contributed by atoms with Crippen molar-refractivity contribution in [3.63, 3.8) is 0 Å². The van der Waals surface area contributed by atoms with Gasteiger partial charge in [0.05, 0.1) is 36.1 Å². The SMILES string of the molecule is COc1cc(/C(O)=C2\C(=O)C(=O)N(c3cccc4ccccc34)C2c2cccs2)c(OC)cc1Cl. The number of aliphatic hydroxyl groups excluding tert-OH is 1. The predicted octanol–water partition coefficient (Wildman–Crippen LogP) is 6.20. The molecular weight excluding hydrogens is 486 g/mol. The first-order chi connectivity index (χ1) is 17.0. The van der Waals surface area contributed by atoms with Crippen LogP contribution >= 0.6 is 22.9 Å². The lowest BCUT2D eigenvalue weighted by molar-refractivity contribution is -0.132. The zero-order chi connectivity index (χ0) is 24.7. The van der Waals surface area contributed by atoms with E-state index in [2.05, 4.69) is 0 Å². The van der Waals surface area contributed by atoms with Gasteiger partial charge in [0.2, 0.25) is 0 Å². The molecule has 1 aromatic heterocycles. The van der Waals surface area contributed by atoms with Crippen molar-refractivity contribution in [3.8, 4) is 11.5 Å². The molecule has 0 saturated carbocycles. The molecule has 1 aliphatic heterocycles. The van der Waals surface area contributed by atoms with E-state index in [1.807, 2.05) is 53.9 Å². The molecule has 6 nitrogen and oxygen atoms in total. The van der Waals surface area contributed by atoms with Gasteiger partial charge in [-0.15, -0.1) is 11.3 Å². The molecule has 1 atom stereocenters. The van der Waals surface area contributed by atoms with Crippen molar-refractivity contribution in [2.75, 3.05) is 19.1 Å². The van der Waals surface area contributed by atoms with Gasteiger partial charge in [0, 0.05) is 16.3 Å². The zero-order valence-corrected chi connectivity index (χ0v) is 20.4. The highest BCUT2D eigenvalue weighted by atomic mass is 35.5. The first kappa shape index (κ1) is 23.0. The van der Waals surface area contributed by atoms with E-state index in [1.54, 1.807) is 6.07 Å². The van der Waals surface area contributed by atoms with Gasteiger partial charge in [0.15, 0.2) is 0 Å². The third-order valence-electron chi connectivity index (χ3n) is 6.01. The molecule has 1 unspecified atom stereocenters. The molecule has 2 heterocycles. The van der Waals surface area contributed by atoms with Gasteiger partial charge in [-0.3, -0.25) is 14.5 Å². The normalized spacial score (nSPS) is 17.2. The molecule has 1 amide bonds. The lowest BCUT2D eigenvalue weighted by Crippen LogP contribution is -2.29. The van der Waals surface area contributed by atoms with Gasteiger partial charge < -0.3 is 14.6 Å². The number of hydrogen-bond donors (Lipinski definition) is 1. The average Bonchev–Trinajstić information content (AvgIpc) is 3.50. The highest BCUT2D eigenvalue weighted by Gasteiger charge is 2.48. The number of ether oxygens (including phenoxy) is 2. The molecule has 35 heavy (non-hydrogen) atoms. The number of Topliss-reactive ketones (excluding diaryl/α,β-unsaturated/α-hetero) is 1. The smallest absolute Gasteiger partial charge is 0.300 e. The Morgan fingerprint density at radius 2 is 1.71 bits per heavy atom. The Hall–Kier alpha value is -3.81. The van der Waals surface area contributed by atoms with Crippen molar-refractivity contribution in [1.82, 2.24) is 0 Å². The maximum absolute atomic E-state index is 13.5. The second kappa shape index (κ2) is 9.09. The quantitative estimate of drug-likeness (QED) is 0.198. The van der Waals surface area contributed by atoms with Crippen LogP contribution in [0.4, 0.5) is 5.69 Å². The summed E-state index contributed by atoms with van der Waals surface area (Å²) in [5.41, 5.74) is 0.752. The summed E-state index contributed by atoms with van der Waals surface area (Å²) >= 11 is 7.63. The summed E-state index contributed by atoms with van der Waals surface area (Å²) in [4.78, 5) is 29.2. The lowest BCUT2D eigenvalue weighted by atomic mass is 9.98. The van der Waals surface area contributed by atoms with Gasteiger partial charge in [-0.25, -0.2) is 0 Å². The summed E-state index contributed by atoms with van der Waals surface area (Å²) in [5.74, 6) is -1.33. The molecule has 1 saturated heterocycles. The van der Waals surface area contributed by atoms with E-state index in [9.17, 15) is 14.7 Å². The number of hydrogen-bond acceptors (Lipinski definition) is 6. The number of ketones is 1. The standard InChI is InChI=1S/C27H20ClNO5S/c1-33-20-14-18(28)21(34-2)13-17(20)25(30)23-24(22-11-6-12-35-22)29(27(32)26(23)31)19-10-5-8-15-7-3-4-9-16(15)19/h3-14,24,30H,1-2H3/b25-23+. The fourth-order valence-corrected chi connectivity index (χ4v) is 5.46. The highest BCUT2D eigenvalue weighted by molar-refractivity contribution is 7.10. The maximum Gasteiger partial charge on any atom is 0.300 e. The molecule has 1 N–H and O–H groups in total. The van der Waals surface area contributed by atoms with E-state index in [4.69, 9.17) is 21.1 Å². The van der Waals surface area contributed by atoms with Crippen LogP contribution in [0.25, 0.3) is 16.5 Å². The van der Waals surface area contributed by atoms with Crippen LogP contribution in [0.1, 0.15) is 16.5 Å². The Morgan fingerprint density at radius 3 is 2.43 bits per heavy atom. The number of fused-ring (bicyclic) bond motifs is 1. The van der Waals surface area contributed by atoms with Gasteiger partial charge in [0.1, 0.15) is 23.3 Å². The Balaban J connectivity index is 1.78. The van der Waals surface area contributed by atoms with Crippen molar-refractivity contribution in [3.05, 3.63) is 93.1 Å². The maximum atomic E-state index is 13.5. The van der Waals surface area contributed by atoms with Gasteiger partial charge in [0.25, 0.3) is 11.7 Å². The van der Waals surface area contributed by atoms with Crippen LogP contribution in [0.15, 0.2) is 77.7 Å². The van der Waals surface area contributed by atoms with Crippen molar-refractivity contribution in [2.45, 2.75) is 6.04 Å².